The number of methoxy groups -OCH3 is 1. The van der Waals surface area contributed by atoms with E-state index in [9.17, 15) is 4.79 Å². The Labute approximate surface area is 94.4 Å². The molecule has 1 aromatic rings. The Morgan fingerprint density at radius 2 is 2.44 bits per heavy atom. The molecule has 0 aliphatic heterocycles. The van der Waals surface area contributed by atoms with E-state index in [1.165, 1.54) is 13.4 Å². The SMILES string of the molecule is CCc1occc1C(=O)NC(CO)COC. The molecular weight excluding hydrogens is 210 g/mol. The molecule has 5 heteroatoms. The van der Waals surface area contributed by atoms with Crippen molar-refractivity contribution in [1.82, 2.24) is 5.32 Å². The van der Waals surface area contributed by atoms with Crippen LogP contribution in [-0.2, 0) is 11.2 Å². The first-order chi connectivity index (χ1) is 7.72. The first kappa shape index (κ1) is 12.7. The number of furan rings is 1. The Balaban J connectivity index is 2.64. The third-order valence-electron chi connectivity index (χ3n) is 2.23. The van der Waals surface area contributed by atoms with E-state index in [1.54, 1.807) is 6.07 Å². The Bertz CT molecular complexity index is 334. The van der Waals surface area contributed by atoms with Gasteiger partial charge in [-0.2, -0.15) is 0 Å². The van der Waals surface area contributed by atoms with Gasteiger partial charge in [0.1, 0.15) is 5.76 Å². The van der Waals surface area contributed by atoms with Gasteiger partial charge < -0.3 is 19.6 Å². The van der Waals surface area contributed by atoms with Gasteiger partial charge >= 0.3 is 0 Å². The quantitative estimate of drug-likeness (QED) is 0.745. The summed E-state index contributed by atoms with van der Waals surface area (Å²) in [4.78, 5) is 11.8. The van der Waals surface area contributed by atoms with Gasteiger partial charge in [0.05, 0.1) is 31.1 Å². The van der Waals surface area contributed by atoms with Crippen LogP contribution in [0.25, 0.3) is 0 Å². The van der Waals surface area contributed by atoms with Crippen LogP contribution in [0.3, 0.4) is 0 Å². The number of aliphatic hydroxyl groups excluding tert-OH is 1. The Kier molecular flexibility index (Phi) is 5.01. The Morgan fingerprint density at radius 1 is 1.69 bits per heavy atom. The van der Waals surface area contributed by atoms with Crippen molar-refractivity contribution in [2.24, 2.45) is 0 Å². The molecule has 2 N–H and O–H groups in total. The number of rotatable bonds is 6. The molecule has 0 aliphatic rings. The van der Waals surface area contributed by atoms with E-state index in [1.807, 2.05) is 6.92 Å². The minimum atomic E-state index is -0.392. The first-order valence-corrected chi connectivity index (χ1v) is 5.19. The average Bonchev–Trinajstić information content (AvgIpc) is 2.76. The van der Waals surface area contributed by atoms with Crippen LogP contribution < -0.4 is 5.32 Å². The van der Waals surface area contributed by atoms with E-state index in [4.69, 9.17) is 14.3 Å². The predicted octanol–water partition coefficient (Wildman–Crippen LogP) is 0.579. The highest BCUT2D eigenvalue weighted by atomic mass is 16.5. The minimum absolute atomic E-state index is 0.154. The molecule has 1 amide bonds. The van der Waals surface area contributed by atoms with E-state index in [0.29, 0.717) is 17.7 Å². The van der Waals surface area contributed by atoms with Gasteiger partial charge in [-0.05, 0) is 6.07 Å². The molecule has 1 atom stereocenters. The molecule has 0 fully saturated rings. The lowest BCUT2D eigenvalue weighted by Gasteiger charge is -2.14. The maximum Gasteiger partial charge on any atom is 0.255 e. The number of aliphatic hydroxyl groups is 1. The molecule has 1 unspecified atom stereocenters. The third-order valence-corrected chi connectivity index (χ3v) is 2.23. The second-order valence-corrected chi connectivity index (χ2v) is 3.42. The lowest BCUT2D eigenvalue weighted by molar-refractivity contribution is 0.0838. The predicted molar refractivity (Wildman–Crippen MR) is 58.3 cm³/mol. The van der Waals surface area contributed by atoms with Gasteiger partial charge in [0, 0.05) is 13.5 Å². The zero-order valence-corrected chi connectivity index (χ0v) is 9.53. The van der Waals surface area contributed by atoms with Crippen molar-refractivity contribution in [1.29, 1.82) is 0 Å². The van der Waals surface area contributed by atoms with Crippen LogP contribution in [0.2, 0.25) is 0 Å². The zero-order chi connectivity index (χ0) is 12.0. The first-order valence-electron chi connectivity index (χ1n) is 5.19. The number of nitrogens with one attached hydrogen (secondary N) is 1. The number of ether oxygens (including phenoxy) is 1. The molecular formula is C11H17NO4. The van der Waals surface area contributed by atoms with Gasteiger partial charge in [-0.3, -0.25) is 4.79 Å². The highest BCUT2D eigenvalue weighted by Crippen LogP contribution is 2.11. The van der Waals surface area contributed by atoms with Crippen molar-refractivity contribution >= 4 is 5.91 Å². The summed E-state index contributed by atoms with van der Waals surface area (Å²) < 4.78 is 10.0. The van der Waals surface area contributed by atoms with Crippen LogP contribution in [0.4, 0.5) is 0 Å². The molecule has 1 aromatic heterocycles. The second kappa shape index (κ2) is 6.30. The van der Waals surface area contributed by atoms with Gasteiger partial charge in [0.15, 0.2) is 0 Å². The molecule has 0 aliphatic carbocycles. The number of amides is 1. The molecule has 0 saturated carbocycles. The Hall–Kier alpha value is -1.33. The number of aryl methyl sites for hydroxylation is 1. The summed E-state index contributed by atoms with van der Waals surface area (Å²) in [6.45, 7) is 2.04. The summed E-state index contributed by atoms with van der Waals surface area (Å²) in [5.74, 6) is 0.397. The zero-order valence-electron chi connectivity index (χ0n) is 9.53. The highest BCUT2D eigenvalue weighted by molar-refractivity contribution is 5.95. The summed E-state index contributed by atoms with van der Waals surface area (Å²) in [7, 11) is 1.52. The molecule has 0 bridgehead atoms. The van der Waals surface area contributed by atoms with Crippen LogP contribution in [0.15, 0.2) is 16.7 Å². The monoisotopic (exact) mass is 227 g/mol. The largest absolute Gasteiger partial charge is 0.469 e. The van der Waals surface area contributed by atoms with Gasteiger partial charge in [0.25, 0.3) is 5.91 Å². The molecule has 1 heterocycles. The van der Waals surface area contributed by atoms with Crippen LogP contribution >= 0.6 is 0 Å². The second-order valence-electron chi connectivity index (χ2n) is 3.42. The summed E-state index contributed by atoms with van der Waals surface area (Å²) in [6, 6.07) is 1.23. The fraction of sp³-hybridized carbons (Fsp3) is 0.545. The molecule has 1 rings (SSSR count). The Morgan fingerprint density at radius 3 is 3.00 bits per heavy atom. The normalized spacial score (nSPS) is 12.4. The van der Waals surface area contributed by atoms with Gasteiger partial charge in [-0.25, -0.2) is 0 Å². The fourth-order valence-electron chi connectivity index (χ4n) is 1.42. The lowest BCUT2D eigenvalue weighted by Crippen LogP contribution is -2.40. The van der Waals surface area contributed by atoms with E-state index < -0.39 is 6.04 Å². The molecule has 0 aromatic carbocycles. The summed E-state index contributed by atoms with van der Waals surface area (Å²) in [5, 5.41) is 11.7. The van der Waals surface area contributed by atoms with E-state index in [0.717, 1.165) is 0 Å². The smallest absolute Gasteiger partial charge is 0.255 e. The fourth-order valence-corrected chi connectivity index (χ4v) is 1.42. The topological polar surface area (TPSA) is 71.7 Å². The van der Waals surface area contributed by atoms with Crippen molar-refractivity contribution < 1.29 is 19.1 Å². The van der Waals surface area contributed by atoms with Gasteiger partial charge in [0.2, 0.25) is 0 Å². The number of hydrogen-bond donors (Lipinski definition) is 2. The van der Waals surface area contributed by atoms with Crippen molar-refractivity contribution in [2.75, 3.05) is 20.3 Å². The molecule has 16 heavy (non-hydrogen) atoms. The lowest BCUT2D eigenvalue weighted by atomic mass is 10.2. The molecule has 0 saturated heterocycles. The maximum absolute atomic E-state index is 11.8. The van der Waals surface area contributed by atoms with Gasteiger partial charge in [-0.1, -0.05) is 6.92 Å². The molecule has 0 radical (unpaired) electrons. The van der Waals surface area contributed by atoms with E-state index in [-0.39, 0.29) is 19.1 Å². The molecule has 5 nitrogen and oxygen atoms in total. The van der Waals surface area contributed by atoms with Crippen molar-refractivity contribution in [3.05, 3.63) is 23.7 Å². The van der Waals surface area contributed by atoms with Crippen molar-refractivity contribution in [3.63, 3.8) is 0 Å². The van der Waals surface area contributed by atoms with Crippen molar-refractivity contribution in [2.45, 2.75) is 19.4 Å². The highest BCUT2D eigenvalue weighted by Gasteiger charge is 2.16. The van der Waals surface area contributed by atoms with Crippen LogP contribution in [-0.4, -0.2) is 37.4 Å². The standard InChI is InChI=1S/C11H17NO4/c1-3-10-9(4-5-16-10)11(14)12-8(6-13)7-15-2/h4-5,8,13H,3,6-7H2,1-2H3,(H,12,14). The van der Waals surface area contributed by atoms with Crippen LogP contribution in [0.1, 0.15) is 23.0 Å². The maximum atomic E-state index is 11.8. The summed E-state index contributed by atoms with van der Waals surface area (Å²) in [6.07, 6.45) is 2.14. The van der Waals surface area contributed by atoms with Crippen molar-refractivity contribution in [3.8, 4) is 0 Å². The number of carbonyl (C=O) groups is 1. The van der Waals surface area contributed by atoms with Gasteiger partial charge in [-0.15, -0.1) is 0 Å². The molecule has 0 spiro atoms. The minimum Gasteiger partial charge on any atom is -0.469 e. The third kappa shape index (κ3) is 3.08. The summed E-state index contributed by atoms with van der Waals surface area (Å²) in [5.41, 5.74) is 0.511. The van der Waals surface area contributed by atoms with Crippen LogP contribution in [0, 0.1) is 0 Å². The van der Waals surface area contributed by atoms with E-state index in [2.05, 4.69) is 5.32 Å². The average molecular weight is 227 g/mol. The molecule has 90 valence electrons. The van der Waals surface area contributed by atoms with E-state index >= 15 is 0 Å². The number of hydrogen-bond acceptors (Lipinski definition) is 4. The van der Waals surface area contributed by atoms with Crippen LogP contribution in [0.5, 0.6) is 0 Å². The summed E-state index contributed by atoms with van der Waals surface area (Å²) >= 11 is 0. The number of carbonyl (C=O) groups excluding carboxylic acids is 1.